The molecule has 0 amide bonds. The number of aryl methyl sites for hydroxylation is 1. The molecular formula is C12H12Br2N2. The number of nitrogens with zero attached hydrogens (tertiary/aromatic N) is 1. The van der Waals surface area contributed by atoms with Gasteiger partial charge < -0.3 is 4.98 Å². The third kappa shape index (κ3) is 2.95. The first-order valence-electron chi connectivity index (χ1n) is 5.04. The van der Waals surface area contributed by atoms with Gasteiger partial charge in [0.05, 0.1) is 0 Å². The van der Waals surface area contributed by atoms with Crippen molar-refractivity contribution in [3.05, 3.63) is 52.0 Å². The highest BCUT2D eigenvalue weighted by Gasteiger charge is 2.10. The summed E-state index contributed by atoms with van der Waals surface area (Å²) in [6.45, 7) is 2.10. The fourth-order valence-electron chi connectivity index (χ4n) is 1.64. The van der Waals surface area contributed by atoms with Crippen LogP contribution < -0.4 is 0 Å². The highest BCUT2D eigenvalue weighted by molar-refractivity contribution is 9.10. The van der Waals surface area contributed by atoms with Gasteiger partial charge in [0.1, 0.15) is 5.82 Å². The van der Waals surface area contributed by atoms with Crippen LogP contribution >= 0.6 is 31.9 Å². The molecule has 0 aliphatic rings. The van der Waals surface area contributed by atoms with E-state index in [1.165, 1.54) is 11.1 Å². The third-order valence-corrected chi connectivity index (χ3v) is 3.66. The summed E-state index contributed by atoms with van der Waals surface area (Å²) in [7, 11) is 0. The number of aromatic amines is 1. The highest BCUT2D eigenvalue weighted by atomic mass is 79.9. The van der Waals surface area contributed by atoms with E-state index in [2.05, 4.69) is 67.0 Å². The van der Waals surface area contributed by atoms with Crippen molar-refractivity contribution in [3.8, 4) is 0 Å². The first-order chi connectivity index (χ1) is 7.65. The molecule has 0 saturated carbocycles. The molecule has 1 atom stereocenters. The van der Waals surface area contributed by atoms with Gasteiger partial charge in [0.25, 0.3) is 0 Å². The van der Waals surface area contributed by atoms with Gasteiger partial charge in [-0.2, -0.15) is 0 Å². The Bertz CT molecular complexity index is 446. The van der Waals surface area contributed by atoms with E-state index in [9.17, 15) is 0 Å². The summed E-state index contributed by atoms with van der Waals surface area (Å²) in [4.78, 5) is 7.63. The lowest BCUT2D eigenvalue weighted by atomic mass is 10.1. The van der Waals surface area contributed by atoms with Gasteiger partial charge in [-0.1, -0.05) is 37.9 Å². The fourth-order valence-corrected chi connectivity index (χ4v) is 2.84. The molecule has 4 heteroatoms. The summed E-state index contributed by atoms with van der Waals surface area (Å²) in [5.41, 5.74) is 2.52. The molecule has 1 aromatic heterocycles. The van der Waals surface area contributed by atoms with Crippen molar-refractivity contribution in [2.75, 3.05) is 0 Å². The van der Waals surface area contributed by atoms with Crippen molar-refractivity contribution in [3.63, 3.8) is 0 Å². The van der Waals surface area contributed by atoms with E-state index < -0.39 is 0 Å². The van der Waals surface area contributed by atoms with Crippen molar-refractivity contribution in [1.29, 1.82) is 0 Å². The van der Waals surface area contributed by atoms with Crippen LogP contribution in [0.2, 0.25) is 0 Å². The molecule has 0 aliphatic carbocycles. The number of hydrogen-bond acceptors (Lipinski definition) is 1. The number of aromatic nitrogens is 2. The number of rotatable bonds is 3. The molecule has 0 bridgehead atoms. The monoisotopic (exact) mass is 342 g/mol. The van der Waals surface area contributed by atoms with Gasteiger partial charge in [0.15, 0.2) is 0 Å². The van der Waals surface area contributed by atoms with Crippen LogP contribution in [0.4, 0.5) is 0 Å². The molecule has 2 nitrogen and oxygen atoms in total. The van der Waals surface area contributed by atoms with Crippen LogP contribution in [0.3, 0.4) is 0 Å². The van der Waals surface area contributed by atoms with Gasteiger partial charge in [-0.25, -0.2) is 4.98 Å². The molecule has 84 valence electrons. The predicted octanol–water partition coefficient (Wildman–Crippen LogP) is 4.16. The second-order valence-corrected chi connectivity index (χ2v) is 5.79. The molecule has 1 aromatic carbocycles. The minimum absolute atomic E-state index is 0.287. The Morgan fingerprint density at radius 1 is 1.38 bits per heavy atom. The lowest BCUT2D eigenvalue weighted by molar-refractivity contribution is 0.875. The zero-order valence-corrected chi connectivity index (χ0v) is 12.0. The number of halogens is 2. The zero-order valence-electron chi connectivity index (χ0n) is 8.87. The molecule has 1 unspecified atom stereocenters. The molecule has 0 aliphatic heterocycles. The van der Waals surface area contributed by atoms with E-state index in [1.54, 1.807) is 6.20 Å². The average Bonchev–Trinajstić information content (AvgIpc) is 2.68. The first-order valence-corrected chi connectivity index (χ1v) is 6.75. The summed E-state index contributed by atoms with van der Waals surface area (Å²) in [6.07, 6.45) is 4.49. The SMILES string of the molecule is Cc1cc(Br)cc(C(Br)Cc2ncc[nH]2)c1. The maximum atomic E-state index is 4.23. The van der Waals surface area contributed by atoms with Crippen LogP contribution in [0, 0.1) is 6.92 Å². The molecule has 2 aromatic rings. The van der Waals surface area contributed by atoms with Gasteiger partial charge >= 0.3 is 0 Å². The van der Waals surface area contributed by atoms with Crippen molar-refractivity contribution in [2.45, 2.75) is 18.2 Å². The number of benzene rings is 1. The lowest BCUT2D eigenvalue weighted by Crippen LogP contribution is -1.97. The van der Waals surface area contributed by atoms with Crippen molar-refractivity contribution < 1.29 is 0 Å². The summed E-state index contributed by atoms with van der Waals surface area (Å²) >= 11 is 7.21. The molecule has 0 fully saturated rings. The zero-order chi connectivity index (χ0) is 11.5. The topological polar surface area (TPSA) is 28.7 Å². The van der Waals surface area contributed by atoms with Crippen LogP contribution in [0.25, 0.3) is 0 Å². The predicted molar refractivity (Wildman–Crippen MR) is 72.8 cm³/mol. The molecule has 1 N–H and O–H groups in total. The Morgan fingerprint density at radius 3 is 2.81 bits per heavy atom. The van der Waals surface area contributed by atoms with Gasteiger partial charge in [0.2, 0.25) is 0 Å². The summed E-state index contributed by atoms with van der Waals surface area (Å²) < 4.78 is 1.12. The molecule has 0 spiro atoms. The van der Waals surface area contributed by atoms with E-state index in [0.717, 1.165) is 16.7 Å². The van der Waals surface area contributed by atoms with Crippen molar-refractivity contribution in [1.82, 2.24) is 9.97 Å². The summed E-state index contributed by atoms with van der Waals surface area (Å²) in [5, 5.41) is 0. The highest BCUT2D eigenvalue weighted by Crippen LogP contribution is 2.29. The Balaban J connectivity index is 2.17. The largest absolute Gasteiger partial charge is 0.349 e. The average molecular weight is 344 g/mol. The molecular weight excluding hydrogens is 332 g/mol. The van der Waals surface area contributed by atoms with E-state index in [4.69, 9.17) is 0 Å². The Morgan fingerprint density at radius 2 is 2.19 bits per heavy atom. The summed E-state index contributed by atoms with van der Waals surface area (Å²) in [5.74, 6) is 1.000. The molecule has 2 rings (SSSR count). The van der Waals surface area contributed by atoms with E-state index >= 15 is 0 Å². The third-order valence-electron chi connectivity index (χ3n) is 2.35. The minimum Gasteiger partial charge on any atom is -0.349 e. The standard InChI is InChI=1S/C12H12Br2N2/c1-8-4-9(6-10(13)5-8)11(14)7-12-15-2-3-16-12/h2-6,11H,7H2,1H3,(H,15,16). The number of imidazole rings is 1. The van der Waals surface area contributed by atoms with Crippen LogP contribution in [0.5, 0.6) is 0 Å². The van der Waals surface area contributed by atoms with Gasteiger partial charge in [-0.05, 0) is 30.2 Å². The second kappa shape index (κ2) is 5.15. The Hall–Kier alpha value is -0.610. The van der Waals surface area contributed by atoms with E-state index in [0.29, 0.717) is 0 Å². The molecule has 0 radical (unpaired) electrons. The maximum Gasteiger partial charge on any atom is 0.107 e. The van der Waals surface area contributed by atoms with Gasteiger partial charge in [-0.3, -0.25) is 0 Å². The van der Waals surface area contributed by atoms with E-state index in [1.807, 2.05) is 6.20 Å². The second-order valence-electron chi connectivity index (χ2n) is 3.77. The number of H-pyrrole nitrogens is 1. The normalized spacial score (nSPS) is 12.7. The maximum absolute atomic E-state index is 4.23. The number of nitrogens with one attached hydrogen (secondary N) is 1. The smallest absolute Gasteiger partial charge is 0.107 e. The Kier molecular flexibility index (Phi) is 3.82. The summed E-state index contributed by atoms with van der Waals surface area (Å²) in [6, 6.07) is 6.43. The first kappa shape index (κ1) is 11.9. The van der Waals surface area contributed by atoms with Crippen LogP contribution in [0.1, 0.15) is 21.8 Å². The lowest BCUT2D eigenvalue weighted by Gasteiger charge is -2.10. The van der Waals surface area contributed by atoms with Crippen LogP contribution in [-0.4, -0.2) is 9.97 Å². The van der Waals surface area contributed by atoms with Gasteiger partial charge in [-0.15, -0.1) is 0 Å². The van der Waals surface area contributed by atoms with E-state index in [-0.39, 0.29) is 4.83 Å². The van der Waals surface area contributed by atoms with Crippen molar-refractivity contribution in [2.24, 2.45) is 0 Å². The van der Waals surface area contributed by atoms with Crippen molar-refractivity contribution >= 4 is 31.9 Å². The fraction of sp³-hybridized carbons (Fsp3) is 0.250. The molecule has 0 saturated heterocycles. The quantitative estimate of drug-likeness (QED) is 0.833. The van der Waals surface area contributed by atoms with Crippen LogP contribution in [0.15, 0.2) is 35.1 Å². The minimum atomic E-state index is 0.287. The number of hydrogen-bond donors (Lipinski definition) is 1. The van der Waals surface area contributed by atoms with Gasteiger partial charge in [0, 0.05) is 28.1 Å². The molecule has 1 heterocycles. The van der Waals surface area contributed by atoms with Crippen LogP contribution in [-0.2, 0) is 6.42 Å². The Labute approximate surface area is 112 Å². The number of alkyl halides is 1. The molecule has 16 heavy (non-hydrogen) atoms.